The van der Waals surface area contributed by atoms with Crippen LogP contribution in [0.15, 0.2) is 14.1 Å². The zero-order chi connectivity index (χ0) is 11.5. The first-order valence-electron chi connectivity index (χ1n) is 4.28. The van der Waals surface area contributed by atoms with Gasteiger partial charge >= 0.3 is 5.97 Å². The van der Waals surface area contributed by atoms with Gasteiger partial charge in [-0.15, -0.1) is 11.3 Å². The van der Waals surface area contributed by atoms with Gasteiger partial charge in [-0.05, 0) is 30.2 Å². The molecular weight excluding hydrogens is 266 g/mol. The Morgan fingerprint density at radius 2 is 2.31 bits per heavy atom. The summed E-state index contributed by atoms with van der Waals surface area (Å²) >= 11 is 4.16. The molecule has 2 aromatic rings. The average Bonchev–Trinajstić information content (AvgIpc) is 2.76. The Morgan fingerprint density at radius 3 is 2.94 bits per heavy atom. The van der Waals surface area contributed by atoms with E-state index >= 15 is 0 Å². The van der Waals surface area contributed by atoms with Gasteiger partial charge in [-0.2, -0.15) is 4.37 Å². The molecule has 0 aliphatic rings. The molecule has 1 N–H and O–H groups in total. The second-order valence-electron chi connectivity index (χ2n) is 2.88. The maximum Gasteiger partial charge on any atom is 0.309 e. The van der Waals surface area contributed by atoms with Gasteiger partial charge < -0.3 is 5.11 Å². The Morgan fingerprint density at radius 1 is 1.50 bits per heavy atom. The number of carboxylic acid groups (broad SMARTS) is 1. The van der Waals surface area contributed by atoms with Crippen LogP contribution in [0.4, 0.5) is 0 Å². The molecule has 16 heavy (non-hydrogen) atoms. The van der Waals surface area contributed by atoms with Gasteiger partial charge in [-0.3, -0.25) is 4.79 Å². The summed E-state index contributed by atoms with van der Waals surface area (Å²) in [6.45, 7) is 1.83. The summed E-state index contributed by atoms with van der Waals surface area (Å²) in [7, 11) is 0. The van der Waals surface area contributed by atoms with Gasteiger partial charge in [0.25, 0.3) is 0 Å². The number of nitrogens with zero attached hydrogens (tertiary/aromatic N) is 3. The van der Waals surface area contributed by atoms with E-state index in [0.717, 1.165) is 14.5 Å². The lowest BCUT2D eigenvalue weighted by molar-refractivity contribution is -0.136. The van der Waals surface area contributed by atoms with Crippen LogP contribution in [0.5, 0.6) is 0 Å². The van der Waals surface area contributed by atoms with Crippen LogP contribution in [0.25, 0.3) is 0 Å². The first kappa shape index (κ1) is 11.5. The molecule has 0 radical (unpaired) electrons. The van der Waals surface area contributed by atoms with Crippen molar-refractivity contribution in [2.75, 3.05) is 0 Å². The molecule has 0 aliphatic heterocycles. The summed E-state index contributed by atoms with van der Waals surface area (Å²) < 4.78 is 5.69. The molecule has 0 atom stereocenters. The second kappa shape index (κ2) is 4.89. The van der Waals surface area contributed by atoms with Crippen molar-refractivity contribution < 1.29 is 9.90 Å². The van der Waals surface area contributed by atoms with Crippen molar-refractivity contribution in [1.82, 2.24) is 14.3 Å². The average molecular weight is 273 g/mol. The standard InChI is InChI=1S/C8H7N3O2S3/c1-4-9-8(16-11-4)15-7-10-5(3-14-7)2-6(12)13/h3H,2H2,1H3,(H,12,13). The topological polar surface area (TPSA) is 76.0 Å². The first-order valence-corrected chi connectivity index (χ1v) is 6.75. The zero-order valence-electron chi connectivity index (χ0n) is 8.21. The fourth-order valence-electron chi connectivity index (χ4n) is 0.966. The Hall–Kier alpha value is -0.990. The quantitative estimate of drug-likeness (QED) is 0.919. The van der Waals surface area contributed by atoms with Crippen LogP contribution in [-0.2, 0) is 11.2 Å². The number of rotatable bonds is 4. The number of carboxylic acids is 1. The Balaban J connectivity index is 2.05. The summed E-state index contributed by atoms with van der Waals surface area (Å²) in [6, 6.07) is 0. The molecule has 84 valence electrons. The highest BCUT2D eigenvalue weighted by molar-refractivity contribution is 8.02. The van der Waals surface area contributed by atoms with Crippen molar-refractivity contribution >= 4 is 40.6 Å². The highest BCUT2D eigenvalue weighted by Crippen LogP contribution is 2.31. The molecule has 0 aromatic carbocycles. The fraction of sp³-hybridized carbons (Fsp3) is 0.250. The molecule has 0 aliphatic carbocycles. The molecule has 2 aromatic heterocycles. The summed E-state index contributed by atoms with van der Waals surface area (Å²) in [5.74, 6) is -0.122. The van der Waals surface area contributed by atoms with Crippen molar-refractivity contribution in [2.45, 2.75) is 22.0 Å². The minimum Gasteiger partial charge on any atom is -0.481 e. The van der Waals surface area contributed by atoms with Crippen LogP contribution in [0, 0.1) is 6.92 Å². The van der Waals surface area contributed by atoms with E-state index in [4.69, 9.17) is 5.11 Å². The van der Waals surface area contributed by atoms with Crippen LogP contribution in [0.1, 0.15) is 11.5 Å². The Labute approximate surface area is 104 Å². The molecule has 0 saturated carbocycles. The number of hydrogen-bond donors (Lipinski definition) is 1. The van der Waals surface area contributed by atoms with Crippen molar-refractivity contribution in [3.05, 3.63) is 16.9 Å². The number of thiazole rings is 1. The first-order chi connectivity index (χ1) is 7.63. The van der Waals surface area contributed by atoms with Gasteiger partial charge in [-0.25, -0.2) is 9.97 Å². The molecule has 2 heterocycles. The minimum atomic E-state index is -0.867. The lowest BCUT2D eigenvalue weighted by Crippen LogP contribution is -1.99. The van der Waals surface area contributed by atoms with Gasteiger partial charge in [0, 0.05) is 5.38 Å². The lowest BCUT2D eigenvalue weighted by atomic mass is 10.3. The largest absolute Gasteiger partial charge is 0.481 e. The van der Waals surface area contributed by atoms with Gasteiger partial charge in [-0.1, -0.05) is 0 Å². The Bertz CT molecular complexity index is 508. The maximum absolute atomic E-state index is 10.5. The van der Waals surface area contributed by atoms with E-state index in [1.54, 1.807) is 5.38 Å². The van der Waals surface area contributed by atoms with E-state index in [0.29, 0.717) is 5.69 Å². The fourth-order valence-corrected chi connectivity index (χ4v) is 3.65. The van der Waals surface area contributed by atoms with Crippen molar-refractivity contribution in [1.29, 1.82) is 0 Å². The second-order valence-corrected chi connectivity index (χ2v) is 5.99. The van der Waals surface area contributed by atoms with Crippen molar-refractivity contribution in [2.24, 2.45) is 0 Å². The predicted octanol–water partition coefficient (Wildman–Crippen LogP) is 2.08. The number of aliphatic carboxylic acids is 1. The van der Waals surface area contributed by atoms with Gasteiger partial charge in [0.05, 0.1) is 12.1 Å². The lowest BCUT2D eigenvalue weighted by Gasteiger charge is -1.89. The number of carbonyl (C=O) groups is 1. The zero-order valence-corrected chi connectivity index (χ0v) is 10.7. The van der Waals surface area contributed by atoms with Crippen LogP contribution in [0.3, 0.4) is 0 Å². The predicted molar refractivity (Wildman–Crippen MR) is 62.2 cm³/mol. The molecular formula is C8H7N3O2S3. The highest BCUT2D eigenvalue weighted by atomic mass is 32.2. The van der Waals surface area contributed by atoms with Crippen molar-refractivity contribution in [3.8, 4) is 0 Å². The van der Waals surface area contributed by atoms with Crippen LogP contribution < -0.4 is 0 Å². The number of aryl methyl sites for hydroxylation is 1. The van der Waals surface area contributed by atoms with Crippen LogP contribution in [0.2, 0.25) is 0 Å². The molecule has 0 unspecified atom stereocenters. The van der Waals surface area contributed by atoms with Crippen molar-refractivity contribution in [3.63, 3.8) is 0 Å². The third-order valence-electron chi connectivity index (χ3n) is 1.55. The molecule has 8 heteroatoms. The van der Waals surface area contributed by atoms with E-state index in [2.05, 4.69) is 14.3 Å². The normalized spacial score (nSPS) is 10.6. The van der Waals surface area contributed by atoms with Crippen LogP contribution in [-0.4, -0.2) is 25.4 Å². The third-order valence-corrected chi connectivity index (χ3v) is 4.38. The third kappa shape index (κ3) is 3.00. The van der Waals surface area contributed by atoms with Gasteiger partial charge in [0.2, 0.25) is 0 Å². The van der Waals surface area contributed by atoms with E-state index in [1.807, 2.05) is 6.92 Å². The van der Waals surface area contributed by atoms with Crippen LogP contribution >= 0.6 is 34.6 Å². The number of hydrogen-bond acceptors (Lipinski definition) is 7. The maximum atomic E-state index is 10.5. The van der Waals surface area contributed by atoms with E-state index < -0.39 is 5.97 Å². The highest BCUT2D eigenvalue weighted by Gasteiger charge is 2.09. The number of aromatic nitrogens is 3. The Kier molecular flexibility index (Phi) is 3.52. The SMILES string of the molecule is Cc1nsc(Sc2nc(CC(=O)O)cs2)n1. The molecule has 2 rings (SSSR count). The summed E-state index contributed by atoms with van der Waals surface area (Å²) in [6.07, 6.45) is -0.0355. The molecule has 0 spiro atoms. The smallest absolute Gasteiger partial charge is 0.309 e. The van der Waals surface area contributed by atoms with E-state index in [-0.39, 0.29) is 6.42 Å². The molecule has 5 nitrogen and oxygen atoms in total. The van der Waals surface area contributed by atoms with Gasteiger partial charge in [0.15, 0.2) is 8.68 Å². The van der Waals surface area contributed by atoms with E-state index in [9.17, 15) is 4.79 Å². The monoisotopic (exact) mass is 273 g/mol. The summed E-state index contributed by atoms with van der Waals surface area (Å²) in [4.78, 5) is 18.9. The van der Waals surface area contributed by atoms with E-state index in [1.165, 1.54) is 34.6 Å². The molecule has 0 bridgehead atoms. The summed E-state index contributed by atoms with van der Waals surface area (Å²) in [5.41, 5.74) is 0.584. The summed E-state index contributed by atoms with van der Waals surface area (Å²) in [5, 5.41) is 10.4. The minimum absolute atomic E-state index is 0.0355. The molecule has 0 saturated heterocycles. The molecule has 0 amide bonds. The van der Waals surface area contributed by atoms with Gasteiger partial charge in [0.1, 0.15) is 5.82 Å². The molecule has 0 fully saturated rings.